The van der Waals surface area contributed by atoms with Crippen molar-refractivity contribution in [3.05, 3.63) is 34.1 Å². The van der Waals surface area contributed by atoms with Gasteiger partial charge in [-0.1, -0.05) is 32.9 Å². The predicted molar refractivity (Wildman–Crippen MR) is 63.1 cm³/mol. The Balaban J connectivity index is 3.12. The minimum absolute atomic E-state index is 0.318. The van der Waals surface area contributed by atoms with Crippen molar-refractivity contribution in [2.75, 3.05) is 0 Å². The molecular formula is C12H16BrFO. The first kappa shape index (κ1) is 12.7. The molecule has 1 nitrogen and oxygen atoms in total. The molecule has 0 saturated heterocycles. The standard InChI is InChI=1S/C12H16BrFO/c1-4-12(2,3)11(15)8-6-5-7-9(13)10(8)14/h5-7,11,15H,4H2,1-3H3. The summed E-state index contributed by atoms with van der Waals surface area (Å²) in [7, 11) is 0. The van der Waals surface area contributed by atoms with E-state index in [4.69, 9.17) is 0 Å². The number of benzene rings is 1. The molecule has 15 heavy (non-hydrogen) atoms. The van der Waals surface area contributed by atoms with Gasteiger partial charge in [0.25, 0.3) is 0 Å². The van der Waals surface area contributed by atoms with Crippen LogP contribution in [-0.4, -0.2) is 5.11 Å². The second kappa shape index (κ2) is 4.62. The van der Waals surface area contributed by atoms with Crippen LogP contribution in [0.2, 0.25) is 0 Å². The van der Waals surface area contributed by atoms with Crippen LogP contribution in [0, 0.1) is 11.2 Å². The molecule has 0 bridgehead atoms. The van der Waals surface area contributed by atoms with E-state index in [0.29, 0.717) is 10.0 Å². The summed E-state index contributed by atoms with van der Waals surface area (Å²) in [5.74, 6) is -0.369. The zero-order chi connectivity index (χ0) is 11.6. The Morgan fingerprint density at radius 2 is 2.07 bits per heavy atom. The largest absolute Gasteiger partial charge is 0.388 e. The number of rotatable bonds is 3. The number of hydrogen-bond acceptors (Lipinski definition) is 1. The molecule has 0 amide bonds. The van der Waals surface area contributed by atoms with E-state index < -0.39 is 6.10 Å². The van der Waals surface area contributed by atoms with E-state index in [0.717, 1.165) is 6.42 Å². The third-order valence-electron chi connectivity index (χ3n) is 2.93. The fourth-order valence-corrected chi connectivity index (χ4v) is 1.73. The van der Waals surface area contributed by atoms with Gasteiger partial charge in [0.1, 0.15) is 5.82 Å². The second-order valence-corrected chi connectivity index (χ2v) is 5.24. The first-order chi connectivity index (χ1) is 6.90. The van der Waals surface area contributed by atoms with Gasteiger partial charge in [0.2, 0.25) is 0 Å². The highest BCUT2D eigenvalue weighted by atomic mass is 79.9. The van der Waals surface area contributed by atoms with Gasteiger partial charge in [0.15, 0.2) is 0 Å². The summed E-state index contributed by atoms with van der Waals surface area (Å²) in [5, 5.41) is 10.1. The molecule has 0 fully saturated rings. The zero-order valence-electron chi connectivity index (χ0n) is 9.22. The predicted octanol–water partition coefficient (Wildman–Crippen LogP) is 4.06. The lowest BCUT2D eigenvalue weighted by atomic mass is 9.80. The van der Waals surface area contributed by atoms with Crippen molar-refractivity contribution in [2.24, 2.45) is 5.41 Å². The summed E-state index contributed by atoms with van der Waals surface area (Å²) in [5.41, 5.74) is 0.0398. The van der Waals surface area contributed by atoms with Gasteiger partial charge in [-0.3, -0.25) is 0 Å². The molecule has 0 aliphatic heterocycles. The van der Waals surface area contributed by atoms with Gasteiger partial charge in [-0.05, 0) is 33.8 Å². The SMILES string of the molecule is CCC(C)(C)C(O)c1cccc(Br)c1F. The van der Waals surface area contributed by atoms with Crippen LogP contribution in [0.15, 0.2) is 22.7 Å². The first-order valence-electron chi connectivity index (χ1n) is 5.02. The van der Waals surface area contributed by atoms with E-state index in [2.05, 4.69) is 15.9 Å². The molecule has 1 rings (SSSR count). The van der Waals surface area contributed by atoms with Gasteiger partial charge in [-0.2, -0.15) is 0 Å². The van der Waals surface area contributed by atoms with Gasteiger partial charge in [0.05, 0.1) is 10.6 Å². The van der Waals surface area contributed by atoms with Gasteiger partial charge >= 0.3 is 0 Å². The van der Waals surface area contributed by atoms with E-state index in [1.165, 1.54) is 0 Å². The molecule has 84 valence electrons. The van der Waals surface area contributed by atoms with Crippen LogP contribution >= 0.6 is 15.9 Å². The minimum Gasteiger partial charge on any atom is -0.388 e. The summed E-state index contributed by atoms with van der Waals surface area (Å²) in [4.78, 5) is 0. The average molecular weight is 275 g/mol. The van der Waals surface area contributed by atoms with Gasteiger partial charge in [-0.15, -0.1) is 0 Å². The summed E-state index contributed by atoms with van der Waals surface area (Å²) in [6.07, 6.45) is 0.0140. The van der Waals surface area contributed by atoms with Crippen molar-refractivity contribution in [3.63, 3.8) is 0 Å². The van der Waals surface area contributed by atoms with E-state index in [1.807, 2.05) is 20.8 Å². The molecule has 1 aromatic carbocycles. The zero-order valence-corrected chi connectivity index (χ0v) is 10.8. The molecule has 0 saturated carbocycles. The Bertz CT molecular complexity index is 349. The van der Waals surface area contributed by atoms with E-state index in [-0.39, 0.29) is 11.2 Å². The molecule has 0 radical (unpaired) electrons. The normalized spacial score (nSPS) is 14.0. The molecule has 1 N–H and O–H groups in total. The molecule has 0 spiro atoms. The van der Waals surface area contributed by atoms with Crippen LogP contribution in [0.25, 0.3) is 0 Å². The summed E-state index contributed by atoms with van der Waals surface area (Å²) < 4.78 is 14.1. The molecule has 3 heteroatoms. The van der Waals surface area contributed by atoms with Crippen molar-refractivity contribution in [1.82, 2.24) is 0 Å². The van der Waals surface area contributed by atoms with Crippen LogP contribution in [0.1, 0.15) is 38.9 Å². The third kappa shape index (κ3) is 2.58. The smallest absolute Gasteiger partial charge is 0.143 e. The lowest BCUT2D eigenvalue weighted by molar-refractivity contribution is 0.0435. The third-order valence-corrected chi connectivity index (χ3v) is 3.54. The number of aliphatic hydroxyl groups is 1. The lowest BCUT2D eigenvalue weighted by Crippen LogP contribution is -2.22. The van der Waals surface area contributed by atoms with Gasteiger partial charge in [0, 0.05) is 5.56 Å². The topological polar surface area (TPSA) is 20.2 Å². The van der Waals surface area contributed by atoms with E-state index in [1.54, 1.807) is 18.2 Å². The molecule has 1 atom stereocenters. The molecule has 0 heterocycles. The summed E-state index contributed by atoms with van der Waals surface area (Å²) >= 11 is 3.12. The van der Waals surface area contributed by atoms with E-state index in [9.17, 15) is 9.50 Å². The van der Waals surface area contributed by atoms with Crippen molar-refractivity contribution in [2.45, 2.75) is 33.3 Å². The van der Waals surface area contributed by atoms with Crippen LogP contribution in [0.3, 0.4) is 0 Å². The van der Waals surface area contributed by atoms with Crippen LogP contribution in [0.5, 0.6) is 0 Å². The highest BCUT2D eigenvalue weighted by Crippen LogP contribution is 2.38. The number of hydrogen-bond donors (Lipinski definition) is 1. The van der Waals surface area contributed by atoms with Crippen LogP contribution < -0.4 is 0 Å². The Kier molecular flexibility index (Phi) is 3.90. The van der Waals surface area contributed by atoms with Crippen molar-refractivity contribution < 1.29 is 9.50 Å². The molecule has 1 unspecified atom stereocenters. The maximum atomic E-state index is 13.7. The number of aliphatic hydroxyl groups excluding tert-OH is 1. The van der Waals surface area contributed by atoms with Gasteiger partial charge < -0.3 is 5.11 Å². The average Bonchev–Trinajstić information content (AvgIpc) is 2.21. The second-order valence-electron chi connectivity index (χ2n) is 4.39. The highest BCUT2D eigenvalue weighted by molar-refractivity contribution is 9.10. The molecule has 0 aliphatic carbocycles. The lowest BCUT2D eigenvalue weighted by Gasteiger charge is -2.29. The Labute approximate surface area is 98.4 Å². The molecule has 0 aliphatic rings. The minimum atomic E-state index is -0.778. The fourth-order valence-electron chi connectivity index (χ4n) is 1.35. The Hall–Kier alpha value is -0.410. The Morgan fingerprint density at radius 3 is 2.60 bits per heavy atom. The monoisotopic (exact) mass is 274 g/mol. The first-order valence-corrected chi connectivity index (χ1v) is 5.81. The van der Waals surface area contributed by atoms with Crippen LogP contribution in [-0.2, 0) is 0 Å². The summed E-state index contributed by atoms with van der Waals surface area (Å²) in [6.45, 7) is 5.84. The van der Waals surface area contributed by atoms with Crippen molar-refractivity contribution >= 4 is 15.9 Å². The molecule has 1 aromatic rings. The maximum absolute atomic E-state index is 13.7. The fraction of sp³-hybridized carbons (Fsp3) is 0.500. The van der Waals surface area contributed by atoms with Crippen LogP contribution in [0.4, 0.5) is 4.39 Å². The Morgan fingerprint density at radius 1 is 1.47 bits per heavy atom. The van der Waals surface area contributed by atoms with Crippen molar-refractivity contribution in [1.29, 1.82) is 0 Å². The van der Waals surface area contributed by atoms with E-state index >= 15 is 0 Å². The molecule has 0 aromatic heterocycles. The molecular weight excluding hydrogens is 259 g/mol. The summed E-state index contributed by atoms with van der Waals surface area (Å²) in [6, 6.07) is 4.99. The quantitative estimate of drug-likeness (QED) is 0.882. The maximum Gasteiger partial charge on any atom is 0.143 e. The van der Waals surface area contributed by atoms with Gasteiger partial charge in [-0.25, -0.2) is 4.39 Å². The number of halogens is 2. The highest BCUT2D eigenvalue weighted by Gasteiger charge is 2.29. The van der Waals surface area contributed by atoms with Crippen molar-refractivity contribution in [3.8, 4) is 0 Å².